The fourth-order valence-electron chi connectivity index (χ4n) is 1.20. The SMILES string of the molecule is CC(C)c1ccc(OCC(C)(F)F)c(Cl)c1. The summed E-state index contributed by atoms with van der Waals surface area (Å²) in [5.41, 5.74) is 1.06. The van der Waals surface area contributed by atoms with Crippen molar-refractivity contribution in [3.8, 4) is 5.75 Å². The molecule has 0 aliphatic heterocycles. The molecule has 1 nitrogen and oxygen atoms in total. The second-order valence-corrected chi connectivity index (χ2v) is 4.61. The van der Waals surface area contributed by atoms with Crippen LogP contribution < -0.4 is 4.74 Å². The minimum absolute atomic E-state index is 0.299. The van der Waals surface area contributed by atoms with Crippen LogP contribution >= 0.6 is 11.6 Å². The van der Waals surface area contributed by atoms with E-state index in [4.69, 9.17) is 16.3 Å². The first-order chi connectivity index (χ1) is 7.29. The summed E-state index contributed by atoms with van der Waals surface area (Å²) in [7, 11) is 0. The summed E-state index contributed by atoms with van der Waals surface area (Å²) in [6.07, 6.45) is 0. The van der Waals surface area contributed by atoms with Gasteiger partial charge < -0.3 is 4.74 Å². The van der Waals surface area contributed by atoms with Crippen LogP contribution in [0.4, 0.5) is 8.78 Å². The smallest absolute Gasteiger partial charge is 0.278 e. The summed E-state index contributed by atoms with van der Waals surface area (Å²) in [5, 5.41) is 0.371. The third kappa shape index (κ3) is 3.97. The van der Waals surface area contributed by atoms with Gasteiger partial charge in [0.2, 0.25) is 0 Å². The van der Waals surface area contributed by atoms with Gasteiger partial charge in [0.25, 0.3) is 5.92 Å². The van der Waals surface area contributed by atoms with Gasteiger partial charge in [0, 0.05) is 6.92 Å². The third-order valence-corrected chi connectivity index (χ3v) is 2.40. The van der Waals surface area contributed by atoms with Crippen molar-refractivity contribution >= 4 is 11.6 Å². The zero-order valence-corrected chi connectivity index (χ0v) is 10.3. The zero-order chi connectivity index (χ0) is 12.3. The predicted molar refractivity (Wildman–Crippen MR) is 61.7 cm³/mol. The third-order valence-electron chi connectivity index (χ3n) is 2.10. The molecule has 0 fully saturated rings. The minimum Gasteiger partial charge on any atom is -0.486 e. The zero-order valence-electron chi connectivity index (χ0n) is 9.56. The van der Waals surface area contributed by atoms with Crippen LogP contribution in [0.15, 0.2) is 18.2 Å². The minimum atomic E-state index is -2.85. The van der Waals surface area contributed by atoms with Gasteiger partial charge in [0.05, 0.1) is 5.02 Å². The standard InChI is InChI=1S/C12H15ClF2O/c1-8(2)9-4-5-11(10(13)6-9)16-7-12(3,14)15/h4-6,8H,7H2,1-3H3. The molecule has 16 heavy (non-hydrogen) atoms. The second kappa shape index (κ2) is 5.00. The summed E-state index contributed by atoms with van der Waals surface area (Å²) >= 11 is 5.93. The number of rotatable bonds is 4. The van der Waals surface area contributed by atoms with E-state index in [-0.39, 0.29) is 0 Å². The number of halogens is 3. The van der Waals surface area contributed by atoms with Crippen LogP contribution in [-0.4, -0.2) is 12.5 Å². The van der Waals surface area contributed by atoms with Crippen LogP contribution in [0.5, 0.6) is 5.75 Å². The maximum Gasteiger partial charge on any atom is 0.278 e. The first-order valence-electron chi connectivity index (χ1n) is 5.09. The molecule has 0 saturated heterocycles. The van der Waals surface area contributed by atoms with Crippen molar-refractivity contribution in [3.63, 3.8) is 0 Å². The van der Waals surface area contributed by atoms with E-state index in [0.717, 1.165) is 12.5 Å². The Bertz CT molecular complexity index is 359. The highest BCUT2D eigenvalue weighted by atomic mass is 35.5. The molecule has 1 rings (SSSR count). The van der Waals surface area contributed by atoms with Crippen molar-refractivity contribution in [2.45, 2.75) is 32.6 Å². The summed E-state index contributed by atoms with van der Waals surface area (Å²) < 4.78 is 30.1. The van der Waals surface area contributed by atoms with Crippen molar-refractivity contribution in [1.29, 1.82) is 0 Å². The van der Waals surface area contributed by atoms with Crippen LogP contribution in [0.2, 0.25) is 5.02 Å². The summed E-state index contributed by atoms with van der Waals surface area (Å²) in [6, 6.07) is 5.21. The molecule has 90 valence electrons. The van der Waals surface area contributed by atoms with Crippen LogP contribution in [0.25, 0.3) is 0 Å². The van der Waals surface area contributed by atoms with E-state index >= 15 is 0 Å². The number of benzene rings is 1. The molecule has 0 spiro atoms. The van der Waals surface area contributed by atoms with Crippen LogP contribution in [0, 0.1) is 0 Å². The first-order valence-corrected chi connectivity index (χ1v) is 5.47. The highest BCUT2D eigenvalue weighted by Crippen LogP contribution is 2.29. The van der Waals surface area contributed by atoms with E-state index < -0.39 is 12.5 Å². The van der Waals surface area contributed by atoms with Crippen molar-refractivity contribution in [2.24, 2.45) is 0 Å². The topological polar surface area (TPSA) is 9.23 Å². The maximum atomic E-state index is 12.6. The summed E-state index contributed by atoms with van der Waals surface area (Å²) in [6.45, 7) is 4.22. The molecule has 0 heterocycles. The van der Waals surface area contributed by atoms with Crippen LogP contribution in [0.1, 0.15) is 32.3 Å². The first kappa shape index (κ1) is 13.2. The van der Waals surface area contributed by atoms with Crippen molar-refractivity contribution in [2.75, 3.05) is 6.61 Å². The summed E-state index contributed by atoms with van der Waals surface area (Å²) in [5.74, 6) is -2.20. The number of alkyl halides is 2. The molecule has 0 unspecified atom stereocenters. The van der Waals surface area contributed by atoms with E-state index in [1.54, 1.807) is 12.1 Å². The van der Waals surface area contributed by atoms with Gasteiger partial charge in [-0.15, -0.1) is 0 Å². The molecule has 0 N–H and O–H groups in total. The van der Waals surface area contributed by atoms with E-state index in [9.17, 15) is 8.78 Å². The maximum absolute atomic E-state index is 12.6. The summed E-state index contributed by atoms with van der Waals surface area (Å²) in [4.78, 5) is 0. The number of ether oxygens (including phenoxy) is 1. The molecule has 0 aliphatic carbocycles. The Morgan fingerprint density at radius 1 is 1.38 bits per heavy atom. The van der Waals surface area contributed by atoms with Crippen molar-refractivity contribution in [3.05, 3.63) is 28.8 Å². The molecule has 0 atom stereocenters. The Hall–Kier alpha value is -0.830. The molecule has 0 radical (unpaired) electrons. The highest BCUT2D eigenvalue weighted by Gasteiger charge is 2.22. The van der Waals surface area contributed by atoms with Crippen molar-refractivity contribution < 1.29 is 13.5 Å². The largest absolute Gasteiger partial charge is 0.486 e. The average Bonchev–Trinajstić information content (AvgIpc) is 2.14. The highest BCUT2D eigenvalue weighted by molar-refractivity contribution is 6.32. The quantitative estimate of drug-likeness (QED) is 0.762. The monoisotopic (exact) mass is 248 g/mol. The van der Waals surface area contributed by atoms with Crippen LogP contribution in [0.3, 0.4) is 0 Å². The Morgan fingerprint density at radius 3 is 2.44 bits per heavy atom. The number of hydrogen-bond acceptors (Lipinski definition) is 1. The Kier molecular flexibility index (Phi) is 4.14. The Balaban J connectivity index is 2.76. The lowest BCUT2D eigenvalue weighted by molar-refractivity contribution is -0.0229. The van der Waals surface area contributed by atoms with Gasteiger partial charge in [-0.25, -0.2) is 8.78 Å². The van der Waals surface area contributed by atoms with E-state index in [0.29, 0.717) is 16.7 Å². The Labute approximate surface area is 99.4 Å². The lowest BCUT2D eigenvalue weighted by Gasteiger charge is -2.14. The van der Waals surface area contributed by atoms with Gasteiger partial charge >= 0.3 is 0 Å². The number of hydrogen-bond donors (Lipinski definition) is 0. The molecular weight excluding hydrogens is 234 g/mol. The molecular formula is C12H15ClF2O. The van der Waals surface area contributed by atoms with Crippen LogP contribution in [-0.2, 0) is 0 Å². The van der Waals surface area contributed by atoms with Crippen molar-refractivity contribution in [1.82, 2.24) is 0 Å². The van der Waals surface area contributed by atoms with E-state index in [1.807, 2.05) is 19.9 Å². The molecule has 4 heteroatoms. The van der Waals surface area contributed by atoms with E-state index in [1.165, 1.54) is 0 Å². The lowest BCUT2D eigenvalue weighted by Crippen LogP contribution is -2.21. The van der Waals surface area contributed by atoms with Gasteiger partial charge in [0.1, 0.15) is 5.75 Å². The second-order valence-electron chi connectivity index (χ2n) is 4.20. The van der Waals surface area contributed by atoms with Gasteiger partial charge in [-0.05, 0) is 23.6 Å². The predicted octanol–water partition coefficient (Wildman–Crippen LogP) is 4.50. The fourth-order valence-corrected chi connectivity index (χ4v) is 1.44. The molecule has 0 aromatic heterocycles. The molecule has 0 aliphatic rings. The molecule has 0 saturated carbocycles. The normalized spacial score (nSPS) is 11.9. The molecule has 0 amide bonds. The van der Waals surface area contributed by atoms with Gasteiger partial charge in [-0.3, -0.25) is 0 Å². The van der Waals surface area contributed by atoms with Gasteiger partial charge in [0.15, 0.2) is 6.61 Å². The average molecular weight is 249 g/mol. The van der Waals surface area contributed by atoms with E-state index in [2.05, 4.69) is 0 Å². The molecule has 1 aromatic carbocycles. The Morgan fingerprint density at radius 2 is 2.00 bits per heavy atom. The van der Waals surface area contributed by atoms with Gasteiger partial charge in [-0.1, -0.05) is 31.5 Å². The molecule has 1 aromatic rings. The lowest BCUT2D eigenvalue weighted by atomic mass is 10.0. The van der Waals surface area contributed by atoms with Gasteiger partial charge in [-0.2, -0.15) is 0 Å². The molecule has 0 bridgehead atoms. The fraction of sp³-hybridized carbons (Fsp3) is 0.500.